The molecule has 2 aromatic carbocycles. The highest BCUT2D eigenvalue weighted by atomic mass is 16.5. The van der Waals surface area contributed by atoms with Crippen molar-refractivity contribution in [1.82, 2.24) is 10.6 Å². The monoisotopic (exact) mass is 367 g/mol. The van der Waals surface area contributed by atoms with Crippen molar-refractivity contribution in [2.75, 3.05) is 14.2 Å². The van der Waals surface area contributed by atoms with Crippen molar-refractivity contribution >= 4 is 5.96 Å². The highest BCUT2D eigenvalue weighted by molar-refractivity contribution is 5.79. The minimum Gasteiger partial charge on any atom is -0.493 e. The molecule has 27 heavy (non-hydrogen) atoms. The Labute approximate surface area is 161 Å². The minimum absolute atomic E-state index is 0.308. The van der Waals surface area contributed by atoms with Crippen molar-refractivity contribution in [3.05, 3.63) is 59.7 Å². The average Bonchev–Trinajstić information content (AvgIpc) is 3.22. The number of nitrogens with zero attached hydrogens (tertiary/aromatic N) is 1. The van der Waals surface area contributed by atoms with Crippen LogP contribution < -0.4 is 20.1 Å². The standard InChI is InChI=1S/C22H29N3O2/c1-23-22(24-15-17-8-4-3-5-9-17)25-16-18-12-13-20(26-2)21(14-18)27-19-10-6-7-11-19/h3-5,8-9,12-14,19H,6-7,10-11,15-16H2,1-2H3,(H2,23,24,25). The Bertz CT molecular complexity index is 740. The number of nitrogens with one attached hydrogen (secondary N) is 2. The summed E-state index contributed by atoms with van der Waals surface area (Å²) in [5.74, 6) is 2.39. The molecule has 0 spiro atoms. The van der Waals surface area contributed by atoms with Gasteiger partial charge in [0.05, 0.1) is 13.2 Å². The number of ether oxygens (including phenoxy) is 2. The zero-order valence-electron chi connectivity index (χ0n) is 16.2. The van der Waals surface area contributed by atoms with E-state index in [-0.39, 0.29) is 0 Å². The lowest BCUT2D eigenvalue weighted by molar-refractivity contribution is 0.200. The van der Waals surface area contributed by atoms with E-state index < -0.39 is 0 Å². The van der Waals surface area contributed by atoms with Gasteiger partial charge in [-0.05, 0) is 48.9 Å². The van der Waals surface area contributed by atoms with Gasteiger partial charge in [0.15, 0.2) is 17.5 Å². The smallest absolute Gasteiger partial charge is 0.191 e. The average molecular weight is 367 g/mol. The van der Waals surface area contributed by atoms with Gasteiger partial charge in [-0.1, -0.05) is 36.4 Å². The topological polar surface area (TPSA) is 54.9 Å². The van der Waals surface area contributed by atoms with Gasteiger partial charge in [0.25, 0.3) is 0 Å². The second-order valence-electron chi connectivity index (χ2n) is 6.77. The molecule has 1 aliphatic rings. The summed E-state index contributed by atoms with van der Waals surface area (Å²) < 4.78 is 11.6. The first kappa shape index (κ1) is 19.1. The Morgan fingerprint density at radius 2 is 1.67 bits per heavy atom. The Balaban J connectivity index is 1.57. The van der Waals surface area contributed by atoms with E-state index in [0.29, 0.717) is 12.6 Å². The largest absolute Gasteiger partial charge is 0.493 e. The van der Waals surface area contributed by atoms with Crippen LogP contribution in [0.3, 0.4) is 0 Å². The van der Waals surface area contributed by atoms with E-state index in [1.807, 2.05) is 24.3 Å². The lowest BCUT2D eigenvalue weighted by Crippen LogP contribution is -2.36. The van der Waals surface area contributed by atoms with Crippen LogP contribution in [0.2, 0.25) is 0 Å². The lowest BCUT2D eigenvalue weighted by atomic mass is 10.2. The molecule has 144 valence electrons. The quantitative estimate of drug-likeness (QED) is 0.576. The number of aliphatic imine (C=N–C) groups is 1. The molecule has 0 aromatic heterocycles. The van der Waals surface area contributed by atoms with Crippen molar-refractivity contribution in [3.63, 3.8) is 0 Å². The van der Waals surface area contributed by atoms with Gasteiger partial charge < -0.3 is 20.1 Å². The Morgan fingerprint density at radius 1 is 0.963 bits per heavy atom. The number of methoxy groups -OCH3 is 1. The Kier molecular flexibility index (Phi) is 6.97. The maximum absolute atomic E-state index is 6.18. The van der Waals surface area contributed by atoms with Crippen molar-refractivity contribution in [2.45, 2.75) is 44.9 Å². The van der Waals surface area contributed by atoms with E-state index >= 15 is 0 Å². The molecule has 0 heterocycles. The van der Waals surface area contributed by atoms with Crippen LogP contribution in [0.25, 0.3) is 0 Å². The Hall–Kier alpha value is -2.69. The molecule has 0 radical (unpaired) electrons. The summed E-state index contributed by atoms with van der Waals surface area (Å²) in [5, 5.41) is 6.69. The molecule has 1 aliphatic carbocycles. The molecule has 1 fully saturated rings. The van der Waals surface area contributed by atoms with Crippen LogP contribution in [0.5, 0.6) is 11.5 Å². The van der Waals surface area contributed by atoms with Crippen LogP contribution >= 0.6 is 0 Å². The first-order valence-electron chi connectivity index (χ1n) is 9.60. The third-order valence-corrected chi connectivity index (χ3v) is 4.81. The van der Waals surface area contributed by atoms with Gasteiger partial charge in [-0.3, -0.25) is 4.99 Å². The number of guanidine groups is 1. The van der Waals surface area contributed by atoms with Gasteiger partial charge in [0.2, 0.25) is 0 Å². The summed E-state index contributed by atoms with van der Waals surface area (Å²) in [7, 11) is 3.47. The number of rotatable bonds is 7. The number of hydrogen-bond donors (Lipinski definition) is 2. The summed E-state index contributed by atoms with van der Waals surface area (Å²) in [6.07, 6.45) is 5.06. The molecular formula is C22H29N3O2. The predicted octanol–water partition coefficient (Wildman–Crippen LogP) is 3.88. The van der Waals surface area contributed by atoms with Gasteiger partial charge >= 0.3 is 0 Å². The molecule has 5 nitrogen and oxygen atoms in total. The third-order valence-electron chi connectivity index (χ3n) is 4.81. The van der Waals surface area contributed by atoms with E-state index in [4.69, 9.17) is 9.47 Å². The molecule has 0 amide bonds. The van der Waals surface area contributed by atoms with Crippen molar-refractivity contribution in [1.29, 1.82) is 0 Å². The summed E-state index contributed by atoms with van der Waals surface area (Å²) in [6, 6.07) is 16.4. The fourth-order valence-electron chi connectivity index (χ4n) is 3.30. The zero-order valence-corrected chi connectivity index (χ0v) is 16.2. The van der Waals surface area contributed by atoms with Crippen LogP contribution in [0.1, 0.15) is 36.8 Å². The first-order valence-corrected chi connectivity index (χ1v) is 9.60. The number of hydrogen-bond acceptors (Lipinski definition) is 3. The summed E-state index contributed by atoms with van der Waals surface area (Å²) in [6.45, 7) is 1.40. The van der Waals surface area contributed by atoms with Crippen molar-refractivity contribution in [2.24, 2.45) is 4.99 Å². The fraction of sp³-hybridized carbons (Fsp3) is 0.409. The van der Waals surface area contributed by atoms with E-state index in [9.17, 15) is 0 Å². The molecule has 2 N–H and O–H groups in total. The van der Waals surface area contributed by atoms with Crippen LogP contribution in [-0.4, -0.2) is 26.2 Å². The normalized spacial score (nSPS) is 14.8. The predicted molar refractivity (Wildman–Crippen MR) is 109 cm³/mol. The minimum atomic E-state index is 0.308. The SMILES string of the molecule is CN=C(NCc1ccccc1)NCc1ccc(OC)c(OC2CCCC2)c1. The van der Waals surface area contributed by atoms with Crippen molar-refractivity contribution in [3.8, 4) is 11.5 Å². The zero-order chi connectivity index (χ0) is 18.9. The molecule has 0 saturated heterocycles. The van der Waals surface area contributed by atoms with Gasteiger partial charge in [0, 0.05) is 20.1 Å². The molecule has 0 aliphatic heterocycles. The highest BCUT2D eigenvalue weighted by Gasteiger charge is 2.18. The lowest BCUT2D eigenvalue weighted by Gasteiger charge is -2.17. The fourth-order valence-corrected chi connectivity index (χ4v) is 3.30. The van der Waals surface area contributed by atoms with Crippen LogP contribution in [0.15, 0.2) is 53.5 Å². The van der Waals surface area contributed by atoms with Gasteiger partial charge in [-0.2, -0.15) is 0 Å². The third kappa shape index (κ3) is 5.64. The van der Waals surface area contributed by atoms with E-state index in [1.165, 1.54) is 18.4 Å². The molecule has 0 bridgehead atoms. The Morgan fingerprint density at radius 3 is 2.33 bits per heavy atom. The van der Waals surface area contributed by atoms with Gasteiger partial charge in [-0.25, -0.2) is 0 Å². The van der Waals surface area contributed by atoms with Crippen LogP contribution in [0.4, 0.5) is 0 Å². The van der Waals surface area contributed by atoms with E-state index in [2.05, 4.69) is 39.9 Å². The first-order chi connectivity index (χ1) is 13.3. The molecular weight excluding hydrogens is 338 g/mol. The van der Waals surface area contributed by atoms with Crippen LogP contribution in [0, 0.1) is 0 Å². The maximum atomic E-state index is 6.18. The summed E-state index contributed by atoms with van der Waals surface area (Å²) in [5.41, 5.74) is 2.35. The van der Waals surface area contributed by atoms with E-state index in [0.717, 1.165) is 42.4 Å². The molecule has 2 aromatic rings. The maximum Gasteiger partial charge on any atom is 0.191 e. The highest BCUT2D eigenvalue weighted by Crippen LogP contribution is 2.32. The second-order valence-corrected chi connectivity index (χ2v) is 6.77. The summed E-state index contributed by atoms with van der Waals surface area (Å²) >= 11 is 0. The second kappa shape index (κ2) is 9.86. The molecule has 0 atom stereocenters. The molecule has 1 saturated carbocycles. The van der Waals surface area contributed by atoms with Gasteiger partial charge in [0.1, 0.15) is 0 Å². The summed E-state index contributed by atoms with van der Waals surface area (Å²) in [4.78, 5) is 4.30. The van der Waals surface area contributed by atoms with Crippen LogP contribution in [-0.2, 0) is 13.1 Å². The molecule has 0 unspecified atom stereocenters. The van der Waals surface area contributed by atoms with Gasteiger partial charge in [-0.15, -0.1) is 0 Å². The van der Waals surface area contributed by atoms with E-state index in [1.54, 1.807) is 14.2 Å². The number of benzene rings is 2. The molecule has 5 heteroatoms. The van der Waals surface area contributed by atoms with Crippen molar-refractivity contribution < 1.29 is 9.47 Å². The molecule has 3 rings (SSSR count).